The van der Waals surface area contributed by atoms with E-state index in [-0.39, 0.29) is 11.2 Å². The summed E-state index contributed by atoms with van der Waals surface area (Å²) >= 11 is 5.48. The highest BCUT2D eigenvalue weighted by Gasteiger charge is 2.15. The van der Waals surface area contributed by atoms with E-state index in [0.29, 0.717) is 6.42 Å². The van der Waals surface area contributed by atoms with Gasteiger partial charge in [-0.15, -0.1) is 0 Å². The monoisotopic (exact) mass is 212 g/mol. The van der Waals surface area contributed by atoms with E-state index in [9.17, 15) is 4.79 Å². The molecule has 0 aliphatic rings. The molecule has 14 heavy (non-hydrogen) atoms. The van der Waals surface area contributed by atoms with Gasteiger partial charge in [-0.05, 0) is 35.7 Å². The van der Waals surface area contributed by atoms with Crippen LogP contribution in [0.5, 0.6) is 5.75 Å². The fourth-order valence-electron chi connectivity index (χ4n) is 1.36. The van der Waals surface area contributed by atoms with E-state index in [4.69, 9.17) is 16.3 Å². The third kappa shape index (κ3) is 2.48. The Morgan fingerprint density at radius 2 is 2.00 bits per heavy atom. The lowest BCUT2D eigenvalue weighted by atomic mass is 9.98. The van der Waals surface area contributed by atoms with Crippen molar-refractivity contribution in [2.75, 3.05) is 7.11 Å². The van der Waals surface area contributed by atoms with Crippen LogP contribution in [0.2, 0.25) is 0 Å². The molecule has 76 valence electrons. The Morgan fingerprint density at radius 1 is 1.43 bits per heavy atom. The van der Waals surface area contributed by atoms with Crippen LogP contribution in [0.1, 0.15) is 24.8 Å². The average Bonchev–Trinajstić information content (AvgIpc) is 2.19. The van der Waals surface area contributed by atoms with Crippen LogP contribution >= 0.6 is 11.6 Å². The molecule has 0 amide bonds. The molecule has 0 bridgehead atoms. The van der Waals surface area contributed by atoms with E-state index >= 15 is 0 Å². The minimum Gasteiger partial charge on any atom is -0.497 e. The molecular formula is C11H13ClO2. The molecule has 0 aromatic heterocycles. The van der Waals surface area contributed by atoms with Crippen LogP contribution in [0.3, 0.4) is 0 Å². The number of rotatable bonds is 4. The summed E-state index contributed by atoms with van der Waals surface area (Å²) in [5.74, 6) is 0.577. The van der Waals surface area contributed by atoms with Gasteiger partial charge in [0.25, 0.3) is 0 Å². The number of ether oxygens (including phenoxy) is 1. The first kappa shape index (κ1) is 11.1. The topological polar surface area (TPSA) is 26.3 Å². The van der Waals surface area contributed by atoms with Gasteiger partial charge in [0.2, 0.25) is 5.24 Å². The second kappa shape index (κ2) is 5.01. The molecule has 1 aromatic carbocycles. The molecule has 0 spiro atoms. The van der Waals surface area contributed by atoms with E-state index in [1.807, 2.05) is 31.2 Å². The van der Waals surface area contributed by atoms with Crippen molar-refractivity contribution >= 4 is 16.8 Å². The zero-order valence-corrected chi connectivity index (χ0v) is 9.04. The number of halogens is 1. The minimum absolute atomic E-state index is 0.206. The second-order valence-corrected chi connectivity index (χ2v) is 3.41. The first-order valence-electron chi connectivity index (χ1n) is 4.52. The summed E-state index contributed by atoms with van der Waals surface area (Å²) in [6.45, 7) is 1.94. The lowest BCUT2D eigenvalue weighted by Crippen LogP contribution is -2.04. The SMILES string of the molecule is CC[C@@H](C(=O)Cl)c1ccc(OC)cc1. The number of carbonyl (C=O) groups is 1. The summed E-state index contributed by atoms with van der Waals surface area (Å²) < 4.78 is 5.03. The van der Waals surface area contributed by atoms with Crippen molar-refractivity contribution in [1.29, 1.82) is 0 Å². The van der Waals surface area contributed by atoms with Crippen molar-refractivity contribution in [3.63, 3.8) is 0 Å². The van der Waals surface area contributed by atoms with Crippen molar-refractivity contribution in [1.82, 2.24) is 0 Å². The summed E-state index contributed by atoms with van der Waals surface area (Å²) in [6.07, 6.45) is 0.717. The lowest BCUT2D eigenvalue weighted by Gasteiger charge is -2.10. The Labute approximate surface area is 88.8 Å². The number of benzene rings is 1. The van der Waals surface area contributed by atoms with Gasteiger partial charge in [-0.3, -0.25) is 4.79 Å². The second-order valence-electron chi connectivity index (χ2n) is 3.04. The Morgan fingerprint density at radius 3 is 2.36 bits per heavy atom. The average molecular weight is 213 g/mol. The first-order valence-corrected chi connectivity index (χ1v) is 4.90. The van der Waals surface area contributed by atoms with E-state index in [2.05, 4.69) is 0 Å². The molecule has 0 saturated carbocycles. The predicted molar refractivity (Wildman–Crippen MR) is 56.9 cm³/mol. The van der Waals surface area contributed by atoms with Crippen molar-refractivity contribution < 1.29 is 9.53 Å². The molecule has 1 rings (SSSR count). The van der Waals surface area contributed by atoms with Gasteiger partial charge >= 0.3 is 0 Å². The third-order valence-electron chi connectivity index (χ3n) is 2.20. The molecule has 0 heterocycles. The molecule has 0 saturated heterocycles. The quantitative estimate of drug-likeness (QED) is 0.718. The maximum atomic E-state index is 11.1. The van der Waals surface area contributed by atoms with Crippen LogP contribution < -0.4 is 4.74 Å². The van der Waals surface area contributed by atoms with Crippen molar-refractivity contribution in [3.05, 3.63) is 29.8 Å². The summed E-state index contributed by atoms with van der Waals surface area (Å²) in [6, 6.07) is 7.40. The Kier molecular flexibility index (Phi) is 3.96. The number of methoxy groups -OCH3 is 1. The number of hydrogen-bond donors (Lipinski definition) is 0. The predicted octanol–water partition coefficient (Wildman–Crippen LogP) is 2.95. The molecule has 1 atom stereocenters. The van der Waals surface area contributed by atoms with E-state index in [1.165, 1.54) is 0 Å². The lowest BCUT2D eigenvalue weighted by molar-refractivity contribution is -0.113. The fourth-order valence-corrected chi connectivity index (χ4v) is 1.64. The highest BCUT2D eigenvalue weighted by Crippen LogP contribution is 2.24. The molecule has 3 heteroatoms. The van der Waals surface area contributed by atoms with Gasteiger partial charge in [0.1, 0.15) is 5.75 Å². The minimum atomic E-state index is -0.308. The van der Waals surface area contributed by atoms with E-state index in [0.717, 1.165) is 11.3 Å². The Bertz CT molecular complexity index is 306. The highest BCUT2D eigenvalue weighted by molar-refractivity contribution is 6.64. The molecule has 0 radical (unpaired) electrons. The van der Waals surface area contributed by atoms with Gasteiger partial charge in [0, 0.05) is 0 Å². The smallest absolute Gasteiger partial charge is 0.229 e. The normalized spacial score (nSPS) is 12.2. The van der Waals surface area contributed by atoms with Crippen LogP contribution in [0, 0.1) is 0 Å². The van der Waals surface area contributed by atoms with Crippen LogP contribution in [0.4, 0.5) is 0 Å². The van der Waals surface area contributed by atoms with Crippen molar-refractivity contribution in [2.45, 2.75) is 19.3 Å². The molecule has 1 aromatic rings. The number of carbonyl (C=O) groups excluding carboxylic acids is 1. The molecule has 2 nitrogen and oxygen atoms in total. The zero-order valence-electron chi connectivity index (χ0n) is 8.29. The van der Waals surface area contributed by atoms with Crippen LogP contribution in [-0.2, 0) is 4.79 Å². The summed E-state index contributed by atoms with van der Waals surface area (Å²) in [5, 5.41) is -0.308. The molecular weight excluding hydrogens is 200 g/mol. The Hall–Kier alpha value is -1.02. The van der Waals surface area contributed by atoms with Gasteiger partial charge in [-0.25, -0.2) is 0 Å². The van der Waals surface area contributed by atoms with Gasteiger partial charge < -0.3 is 4.74 Å². The zero-order chi connectivity index (χ0) is 10.6. The Balaban J connectivity index is 2.89. The van der Waals surface area contributed by atoms with Crippen LogP contribution in [0.25, 0.3) is 0 Å². The van der Waals surface area contributed by atoms with E-state index < -0.39 is 0 Å². The maximum absolute atomic E-state index is 11.1. The molecule has 0 unspecified atom stereocenters. The van der Waals surface area contributed by atoms with Crippen molar-refractivity contribution in [3.8, 4) is 5.75 Å². The standard InChI is InChI=1S/C11H13ClO2/c1-3-10(11(12)13)8-4-6-9(14-2)7-5-8/h4-7,10H,3H2,1-2H3/t10-/m1/s1. The molecule has 0 N–H and O–H groups in total. The van der Waals surface area contributed by atoms with Gasteiger partial charge in [0.05, 0.1) is 13.0 Å². The largest absolute Gasteiger partial charge is 0.497 e. The van der Waals surface area contributed by atoms with Crippen molar-refractivity contribution in [2.24, 2.45) is 0 Å². The van der Waals surface area contributed by atoms with Crippen LogP contribution in [0.15, 0.2) is 24.3 Å². The van der Waals surface area contributed by atoms with Gasteiger partial charge in [-0.2, -0.15) is 0 Å². The summed E-state index contributed by atoms with van der Waals surface area (Å²) in [5.41, 5.74) is 0.938. The van der Waals surface area contributed by atoms with Crippen LogP contribution in [-0.4, -0.2) is 12.4 Å². The maximum Gasteiger partial charge on any atom is 0.229 e. The summed E-state index contributed by atoms with van der Waals surface area (Å²) in [7, 11) is 1.61. The van der Waals surface area contributed by atoms with Gasteiger partial charge in [0.15, 0.2) is 0 Å². The molecule has 0 aliphatic heterocycles. The molecule has 0 fully saturated rings. The third-order valence-corrected chi connectivity index (χ3v) is 2.46. The van der Waals surface area contributed by atoms with E-state index in [1.54, 1.807) is 7.11 Å². The molecule has 0 aliphatic carbocycles. The fraction of sp³-hybridized carbons (Fsp3) is 0.364. The summed E-state index contributed by atoms with van der Waals surface area (Å²) in [4.78, 5) is 11.1. The first-order chi connectivity index (χ1) is 6.69. The number of hydrogen-bond acceptors (Lipinski definition) is 2. The highest BCUT2D eigenvalue weighted by atomic mass is 35.5. The van der Waals surface area contributed by atoms with Gasteiger partial charge in [-0.1, -0.05) is 19.1 Å².